The summed E-state index contributed by atoms with van der Waals surface area (Å²) in [6.45, 7) is 2.38. The molecule has 1 atom stereocenters. The number of aromatic amines is 1. The van der Waals surface area contributed by atoms with Gasteiger partial charge in [0.05, 0.1) is 23.5 Å². The van der Waals surface area contributed by atoms with Crippen LogP contribution < -0.4 is 5.56 Å². The number of amides is 1. The van der Waals surface area contributed by atoms with Crippen LogP contribution in [0.3, 0.4) is 0 Å². The van der Waals surface area contributed by atoms with Crippen LogP contribution in [0.25, 0.3) is 10.9 Å². The number of fused-ring (bicyclic) bond motifs is 4. The highest BCUT2D eigenvalue weighted by atomic mass is 16.2. The third-order valence-corrected chi connectivity index (χ3v) is 5.36. The zero-order valence-electron chi connectivity index (χ0n) is 13.9. The van der Waals surface area contributed by atoms with E-state index in [9.17, 15) is 9.59 Å². The van der Waals surface area contributed by atoms with E-state index in [1.807, 2.05) is 18.2 Å². The molecule has 5 rings (SSSR count). The molecule has 3 saturated heterocycles. The molecular weight excluding hydrogens is 304 g/mol. The highest BCUT2D eigenvalue weighted by Crippen LogP contribution is 2.32. The van der Waals surface area contributed by atoms with Crippen LogP contribution in [0, 0.1) is 5.92 Å². The van der Waals surface area contributed by atoms with Gasteiger partial charge in [-0.1, -0.05) is 12.1 Å². The molecule has 24 heavy (non-hydrogen) atoms. The molecule has 1 N–H and O–H groups in total. The van der Waals surface area contributed by atoms with Crippen LogP contribution in [0.1, 0.15) is 25.1 Å². The first-order valence-corrected chi connectivity index (χ1v) is 8.59. The number of benzene rings is 1. The topological polar surface area (TPSA) is 69.3 Å². The van der Waals surface area contributed by atoms with Gasteiger partial charge >= 0.3 is 0 Å². The van der Waals surface area contributed by atoms with Crippen molar-refractivity contribution >= 4 is 16.8 Å². The first kappa shape index (κ1) is 15.3. The van der Waals surface area contributed by atoms with Crippen molar-refractivity contribution < 1.29 is 4.79 Å². The van der Waals surface area contributed by atoms with E-state index >= 15 is 0 Å². The molecule has 1 aromatic heterocycles. The largest absolute Gasteiger partial charge is 0.337 e. The molecule has 4 heterocycles. The number of carbonyl (C=O) groups is 1. The second kappa shape index (κ2) is 6.02. The Kier molecular flexibility index (Phi) is 3.84. The maximum Gasteiger partial charge on any atom is 0.258 e. The maximum absolute atomic E-state index is 12.8. The van der Waals surface area contributed by atoms with Gasteiger partial charge in [0.2, 0.25) is 5.91 Å². The monoisotopic (exact) mass is 326 g/mol. The van der Waals surface area contributed by atoms with E-state index in [2.05, 4.69) is 14.9 Å². The SMILES string of the molecule is CN(Cc1nc2ccccc2c(=O)[nH]1)C(=O)C1CC2CCN1CC2. The summed E-state index contributed by atoms with van der Waals surface area (Å²) in [7, 11) is 1.79. The number of nitrogens with zero attached hydrogens (tertiary/aromatic N) is 3. The molecule has 2 aromatic rings. The Hall–Kier alpha value is -2.21. The average Bonchev–Trinajstić information content (AvgIpc) is 2.62. The number of aromatic nitrogens is 2. The molecule has 1 aromatic carbocycles. The van der Waals surface area contributed by atoms with E-state index in [1.54, 1.807) is 18.0 Å². The van der Waals surface area contributed by atoms with Crippen molar-refractivity contribution in [3.63, 3.8) is 0 Å². The van der Waals surface area contributed by atoms with Crippen molar-refractivity contribution in [1.29, 1.82) is 0 Å². The van der Waals surface area contributed by atoms with Crippen molar-refractivity contribution in [2.24, 2.45) is 5.92 Å². The molecule has 3 fully saturated rings. The second-order valence-electron chi connectivity index (χ2n) is 6.95. The number of likely N-dealkylation sites (N-methyl/N-ethyl adjacent to an activating group) is 1. The van der Waals surface area contributed by atoms with Gasteiger partial charge < -0.3 is 9.88 Å². The summed E-state index contributed by atoms with van der Waals surface area (Å²) < 4.78 is 0. The predicted octanol–water partition coefficient (Wildman–Crippen LogP) is 1.37. The predicted molar refractivity (Wildman–Crippen MR) is 91.5 cm³/mol. The van der Waals surface area contributed by atoms with Crippen LogP contribution in [-0.2, 0) is 11.3 Å². The van der Waals surface area contributed by atoms with Crippen molar-refractivity contribution in [2.45, 2.75) is 31.8 Å². The van der Waals surface area contributed by atoms with E-state index in [1.165, 1.54) is 12.8 Å². The van der Waals surface area contributed by atoms with E-state index in [0.717, 1.165) is 19.5 Å². The lowest BCUT2D eigenvalue weighted by Gasteiger charge is -2.45. The number of carbonyl (C=O) groups excluding carboxylic acids is 1. The minimum Gasteiger partial charge on any atom is -0.337 e. The Morgan fingerprint density at radius 2 is 2.08 bits per heavy atom. The number of hydrogen-bond acceptors (Lipinski definition) is 4. The summed E-state index contributed by atoms with van der Waals surface area (Å²) in [5.41, 5.74) is 0.509. The molecule has 0 aliphatic carbocycles. The van der Waals surface area contributed by atoms with Gasteiger partial charge in [0.25, 0.3) is 5.56 Å². The summed E-state index contributed by atoms with van der Waals surface area (Å²) in [5, 5.41) is 0.575. The average molecular weight is 326 g/mol. The Morgan fingerprint density at radius 1 is 1.33 bits per heavy atom. The Bertz CT molecular complexity index is 823. The summed E-state index contributed by atoms with van der Waals surface area (Å²) in [6, 6.07) is 7.25. The van der Waals surface area contributed by atoms with Crippen LogP contribution in [0.4, 0.5) is 0 Å². The fraction of sp³-hybridized carbons (Fsp3) is 0.500. The third kappa shape index (κ3) is 2.71. The van der Waals surface area contributed by atoms with Crippen LogP contribution in [-0.4, -0.2) is 51.9 Å². The number of nitrogens with one attached hydrogen (secondary N) is 1. The number of rotatable bonds is 3. The normalized spacial score (nSPS) is 25.8. The summed E-state index contributed by atoms with van der Waals surface area (Å²) >= 11 is 0. The summed E-state index contributed by atoms with van der Waals surface area (Å²) in [6.07, 6.45) is 3.39. The van der Waals surface area contributed by atoms with Crippen LogP contribution in [0.15, 0.2) is 29.1 Å². The standard InChI is InChI=1S/C18H22N4O2/c1-21(18(24)15-10-12-6-8-22(15)9-7-12)11-16-19-14-5-3-2-4-13(14)17(23)20-16/h2-5,12,15H,6-11H2,1H3,(H,19,20,23). The Morgan fingerprint density at radius 3 is 2.79 bits per heavy atom. The van der Waals surface area contributed by atoms with Gasteiger partial charge in [0.1, 0.15) is 5.82 Å². The highest BCUT2D eigenvalue weighted by Gasteiger charge is 2.38. The number of H-pyrrole nitrogens is 1. The van der Waals surface area contributed by atoms with E-state index < -0.39 is 0 Å². The quantitative estimate of drug-likeness (QED) is 0.925. The van der Waals surface area contributed by atoms with E-state index in [-0.39, 0.29) is 17.5 Å². The molecule has 0 radical (unpaired) electrons. The number of piperidine rings is 3. The molecule has 3 aliphatic rings. The van der Waals surface area contributed by atoms with Gasteiger partial charge in [-0.25, -0.2) is 4.98 Å². The van der Waals surface area contributed by atoms with Gasteiger partial charge in [-0.3, -0.25) is 14.5 Å². The van der Waals surface area contributed by atoms with Crippen LogP contribution in [0.2, 0.25) is 0 Å². The van der Waals surface area contributed by atoms with Gasteiger partial charge in [-0.2, -0.15) is 0 Å². The molecule has 0 saturated carbocycles. The molecule has 1 amide bonds. The van der Waals surface area contributed by atoms with Crippen LogP contribution in [0.5, 0.6) is 0 Å². The molecule has 126 valence electrons. The molecule has 2 bridgehead atoms. The molecule has 6 heteroatoms. The van der Waals surface area contributed by atoms with Gasteiger partial charge in [-0.15, -0.1) is 0 Å². The molecule has 0 spiro atoms. The van der Waals surface area contributed by atoms with Crippen LogP contribution >= 0.6 is 0 Å². The first-order chi connectivity index (χ1) is 11.6. The molecule has 6 nitrogen and oxygen atoms in total. The van der Waals surface area contributed by atoms with E-state index in [0.29, 0.717) is 29.2 Å². The minimum atomic E-state index is -0.156. The van der Waals surface area contributed by atoms with E-state index in [4.69, 9.17) is 0 Å². The van der Waals surface area contributed by atoms with Crippen molar-refractivity contribution in [3.05, 3.63) is 40.4 Å². The molecule has 1 unspecified atom stereocenters. The van der Waals surface area contributed by atoms with Gasteiger partial charge in [0.15, 0.2) is 0 Å². The summed E-state index contributed by atoms with van der Waals surface area (Å²) in [4.78, 5) is 36.2. The third-order valence-electron chi connectivity index (χ3n) is 5.36. The number of hydrogen-bond donors (Lipinski definition) is 1. The first-order valence-electron chi connectivity index (χ1n) is 8.59. The van der Waals surface area contributed by atoms with Crippen molar-refractivity contribution in [1.82, 2.24) is 19.8 Å². The zero-order chi connectivity index (χ0) is 16.7. The lowest BCUT2D eigenvalue weighted by molar-refractivity contribution is -0.140. The molecular formula is C18H22N4O2. The van der Waals surface area contributed by atoms with Gasteiger partial charge in [-0.05, 0) is 50.4 Å². The van der Waals surface area contributed by atoms with Crippen molar-refractivity contribution in [3.8, 4) is 0 Å². The lowest BCUT2D eigenvalue weighted by atomic mass is 9.83. The Labute approximate surface area is 140 Å². The maximum atomic E-state index is 12.8. The summed E-state index contributed by atoms with van der Waals surface area (Å²) in [5.74, 6) is 1.36. The smallest absolute Gasteiger partial charge is 0.258 e. The second-order valence-corrected chi connectivity index (χ2v) is 6.95. The zero-order valence-corrected chi connectivity index (χ0v) is 13.9. The fourth-order valence-corrected chi connectivity index (χ4v) is 3.99. The van der Waals surface area contributed by atoms with Gasteiger partial charge in [0, 0.05) is 7.05 Å². The lowest BCUT2D eigenvalue weighted by Crippen LogP contribution is -2.55. The minimum absolute atomic E-state index is 0.00493. The molecule has 3 aliphatic heterocycles. The van der Waals surface area contributed by atoms with Crippen molar-refractivity contribution in [2.75, 3.05) is 20.1 Å². The number of para-hydroxylation sites is 1. The highest BCUT2D eigenvalue weighted by molar-refractivity contribution is 5.82. The Balaban J connectivity index is 1.52. The fourth-order valence-electron chi connectivity index (χ4n) is 3.99.